The number of Topliss-reactive ketones (excluding diaryl/α,β-unsaturated/α-hetero) is 1. The number of hydrogen-bond acceptors (Lipinski definition) is 4. The highest BCUT2D eigenvalue weighted by Gasteiger charge is 2.06. The van der Waals surface area contributed by atoms with Crippen molar-refractivity contribution in [2.45, 2.75) is 6.92 Å². The molecule has 1 aromatic rings. The highest BCUT2D eigenvalue weighted by Crippen LogP contribution is 2.18. The summed E-state index contributed by atoms with van der Waals surface area (Å²) in [6.07, 6.45) is 0. The predicted octanol–water partition coefficient (Wildman–Crippen LogP) is 2.65. The maximum atomic E-state index is 11.3. The summed E-state index contributed by atoms with van der Waals surface area (Å²) in [4.78, 5) is 11.3. The first kappa shape index (κ1) is 14.1. The molecule has 0 fully saturated rings. The van der Waals surface area contributed by atoms with Crippen molar-refractivity contribution < 1.29 is 14.3 Å². The van der Waals surface area contributed by atoms with E-state index in [4.69, 9.17) is 9.47 Å². The summed E-state index contributed by atoms with van der Waals surface area (Å²) in [5, 5.41) is 0. The van der Waals surface area contributed by atoms with Gasteiger partial charge in [0, 0.05) is 18.6 Å². The lowest BCUT2D eigenvalue weighted by molar-refractivity contribution is 0.101. The van der Waals surface area contributed by atoms with Gasteiger partial charge in [-0.05, 0) is 19.1 Å². The predicted molar refractivity (Wildman–Crippen MR) is 71.1 cm³/mol. The summed E-state index contributed by atoms with van der Waals surface area (Å²) >= 11 is 1.78. The van der Waals surface area contributed by atoms with Crippen LogP contribution in [0.4, 0.5) is 0 Å². The van der Waals surface area contributed by atoms with Crippen molar-refractivity contribution in [2.24, 2.45) is 0 Å². The molecule has 0 aliphatic rings. The molecule has 0 saturated carbocycles. The topological polar surface area (TPSA) is 35.5 Å². The third-order valence-electron chi connectivity index (χ3n) is 2.18. The molecule has 94 valence electrons. The number of rotatable bonds is 8. The van der Waals surface area contributed by atoms with Gasteiger partial charge in [-0.2, -0.15) is 11.8 Å². The molecule has 0 amide bonds. The Bertz CT molecular complexity index is 352. The highest BCUT2D eigenvalue weighted by atomic mass is 32.2. The number of hydrogen-bond donors (Lipinski definition) is 0. The summed E-state index contributed by atoms with van der Waals surface area (Å²) < 4.78 is 10.5. The molecule has 0 unspecified atom stereocenters. The number of benzene rings is 1. The maximum absolute atomic E-state index is 11.3. The van der Waals surface area contributed by atoms with E-state index in [2.05, 4.69) is 0 Å². The molecule has 1 aromatic carbocycles. The Morgan fingerprint density at radius 1 is 1.24 bits per heavy atom. The molecule has 0 heterocycles. The number of carbonyl (C=O) groups excluding carboxylic acids is 1. The summed E-state index contributed by atoms with van der Waals surface area (Å²) in [6.45, 7) is 2.92. The Balaban J connectivity index is 2.34. The molecule has 0 atom stereocenters. The van der Waals surface area contributed by atoms with E-state index in [9.17, 15) is 4.79 Å². The van der Waals surface area contributed by atoms with E-state index in [1.807, 2.05) is 18.2 Å². The van der Waals surface area contributed by atoms with Crippen LogP contribution in [0, 0.1) is 0 Å². The van der Waals surface area contributed by atoms with Crippen LogP contribution < -0.4 is 4.74 Å². The van der Waals surface area contributed by atoms with E-state index in [1.54, 1.807) is 31.9 Å². The normalized spacial score (nSPS) is 10.2. The Morgan fingerprint density at radius 3 is 2.65 bits per heavy atom. The standard InChI is InChI=1S/C13H18O3S/c1-11(14)12-5-3-4-6-13(12)16-8-10-17-9-7-15-2/h3-6H,7-10H2,1-2H3. The van der Waals surface area contributed by atoms with Crippen LogP contribution in [0.15, 0.2) is 24.3 Å². The van der Waals surface area contributed by atoms with Gasteiger partial charge in [-0.25, -0.2) is 0 Å². The van der Waals surface area contributed by atoms with Gasteiger partial charge in [0.05, 0.1) is 18.8 Å². The van der Waals surface area contributed by atoms with E-state index in [0.717, 1.165) is 18.1 Å². The zero-order valence-electron chi connectivity index (χ0n) is 10.3. The van der Waals surface area contributed by atoms with Crippen molar-refractivity contribution >= 4 is 17.5 Å². The largest absolute Gasteiger partial charge is 0.492 e. The zero-order chi connectivity index (χ0) is 12.5. The molecule has 0 aliphatic carbocycles. The number of ether oxygens (including phenoxy) is 2. The number of ketones is 1. The highest BCUT2D eigenvalue weighted by molar-refractivity contribution is 7.99. The van der Waals surface area contributed by atoms with Crippen LogP contribution >= 0.6 is 11.8 Å². The Kier molecular flexibility index (Phi) is 6.74. The Morgan fingerprint density at radius 2 is 1.94 bits per heavy atom. The van der Waals surface area contributed by atoms with Gasteiger partial charge in [-0.15, -0.1) is 0 Å². The van der Waals surface area contributed by atoms with Crippen LogP contribution in [0.5, 0.6) is 5.75 Å². The van der Waals surface area contributed by atoms with Crippen molar-refractivity contribution in [1.82, 2.24) is 0 Å². The van der Waals surface area contributed by atoms with Crippen molar-refractivity contribution in [2.75, 3.05) is 31.8 Å². The van der Waals surface area contributed by atoms with Crippen LogP contribution in [0.3, 0.4) is 0 Å². The minimum absolute atomic E-state index is 0.0348. The van der Waals surface area contributed by atoms with Crippen LogP contribution in [-0.4, -0.2) is 37.6 Å². The Hall–Kier alpha value is -1.00. The molecule has 0 aromatic heterocycles. The van der Waals surface area contributed by atoms with Gasteiger partial charge in [-0.3, -0.25) is 4.79 Å². The second kappa shape index (κ2) is 8.14. The quantitative estimate of drug-likeness (QED) is 0.528. The van der Waals surface area contributed by atoms with Gasteiger partial charge in [0.2, 0.25) is 0 Å². The first-order valence-corrected chi connectivity index (χ1v) is 6.70. The van der Waals surface area contributed by atoms with Gasteiger partial charge in [0.15, 0.2) is 5.78 Å². The van der Waals surface area contributed by atoms with E-state index in [1.165, 1.54) is 0 Å². The summed E-state index contributed by atoms with van der Waals surface area (Å²) in [7, 11) is 1.69. The number of thioether (sulfide) groups is 1. The van der Waals surface area contributed by atoms with E-state index in [-0.39, 0.29) is 5.78 Å². The van der Waals surface area contributed by atoms with Gasteiger partial charge >= 0.3 is 0 Å². The first-order valence-electron chi connectivity index (χ1n) is 5.55. The smallest absolute Gasteiger partial charge is 0.163 e. The third kappa shape index (κ3) is 5.24. The minimum atomic E-state index is 0.0348. The van der Waals surface area contributed by atoms with Gasteiger partial charge in [0.1, 0.15) is 5.75 Å². The fraction of sp³-hybridized carbons (Fsp3) is 0.462. The minimum Gasteiger partial charge on any atom is -0.492 e. The lowest BCUT2D eigenvalue weighted by Gasteiger charge is -2.09. The lowest BCUT2D eigenvalue weighted by atomic mass is 10.1. The fourth-order valence-corrected chi connectivity index (χ4v) is 2.03. The van der Waals surface area contributed by atoms with Gasteiger partial charge < -0.3 is 9.47 Å². The molecular formula is C13H18O3S. The number of para-hydroxylation sites is 1. The number of carbonyl (C=O) groups is 1. The fourth-order valence-electron chi connectivity index (χ4n) is 1.34. The van der Waals surface area contributed by atoms with Crippen LogP contribution in [-0.2, 0) is 4.74 Å². The van der Waals surface area contributed by atoms with Gasteiger partial charge in [0.25, 0.3) is 0 Å². The average molecular weight is 254 g/mol. The Labute approximate surface area is 106 Å². The number of methoxy groups -OCH3 is 1. The molecule has 17 heavy (non-hydrogen) atoms. The van der Waals surface area contributed by atoms with Crippen molar-refractivity contribution in [3.8, 4) is 5.75 Å². The van der Waals surface area contributed by atoms with E-state index < -0.39 is 0 Å². The molecule has 0 N–H and O–H groups in total. The van der Waals surface area contributed by atoms with Crippen LogP contribution in [0.1, 0.15) is 17.3 Å². The second-order valence-corrected chi connectivity index (χ2v) is 4.73. The molecule has 0 saturated heterocycles. The van der Waals surface area contributed by atoms with Crippen LogP contribution in [0.2, 0.25) is 0 Å². The molecule has 1 rings (SSSR count). The van der Waals surface area contributed by atoms with Crippen molar-refractivity contribution in [3.05, 3.63) is 29.8 Å². The molecule has 0 aliphatic heterocycles. The van der Waals surface area contributed by atoms with Crippen molar-refractivity contribution in [1.29, 1.82) is 0 Å². The third-order valence-corrected chi connectivity index (χ3v) is 3.09. The van der Waals surface area contributed by atoms with Gasteiger partial charge in [-0.1, -0.05) is 12.1 Å². The SMILES string of the molecule is COCCSCCOc1ccccc1C(C)=O. The first-order chi connectivity index (χ1) is 8.25. The molecule has 0 radical (unpaired) electrons. The van der Waals surface area contributed by atoms with Crippen LogP contribution in [0.25, 0.3) is 0 Å². The molecule has 0 spiro atoms. The summed E-state index contributed by atoms with van der Waals surface area (Å²) in [5.41, 5.74) is 0.648. The lowest BCUT2D eigenvalue weighted by Crippen LogP contribution is -2.05. The molecular weight excluding hydrogens is 236 g/mol. The van der Waals surface area contributed by atoms with Crippen molar-refractivity contribution in [3.63, 3.8) is 0 Å². The zero-order valence-corrected chi connectivity index (χ0v) is 11.1. The van der Waals surface area contributed by atoms with E-state index in [0.29, 0.717) is 17.9 Å². The molecule has 0 bridgehead atoms. The summed E-state index contributed by atoms with van der Waals surface area (Å²) in [6, 6.07) is 7.34. The maximum Gasteiger partial charge on any atom is 0.163 e. The molecule has 4 heteroatoms. The second-order valence-electron chi connectivity index (χ2n) is 3.51. The monoisotopic (exact) mass is 254 g/mol. The summed E-state index contributed by atoms with van der Waals surface area (Å²) in [5.74, 6) is 2.57. The van der Waals surface area contributed by atoms with E-state index >= 15 is 0 Å². The average Bonchev–Trinajstić information content (AvgIpc) is 2.34. The molecule has 3 nitrogen and oxygen atoms in total.